The van der Waals surface area contributed by atoms with E-state index in [2.05, 4.69) is 25.2 Å². The van der Waals surface area contributed by atoms with Crippen LogP contribution in [0.25, 0.3) is 11.0 Å². The molecule has 3 aromatic rings. The highest BCUT2D eigenvalue weighted by atomic mass is 16.5. The van der Waals surface area contributed by atoms with E-state index in [0.717, 1.165) is 22.4 Å². The predicted octanol–water partition coefficient (Wildman–Crippen LogP) is 2.64. The predicted molar refractivity (Wildman–Crippen MR) is 111 cm³/mol. The number of methoxy groups -OCH3 is 2. The number of aromatic amines is 1. The van der Waals surface area contributed by atoms with E-state index in [9.17, 15) is 4.79 Å². The molecule has 3 heterocycles. The first-order valence-electron chi connectivity index (χ1n) is 9.41. The monoisotopic (exact) mass is 396 g/mol. The number of anilines is 2. The quantitative estimate of drug-likeness (QED) is 0.704. The van der Waals surface area contributed by atoms with Crippen LogP contribution in [0.1, 0.15) is 5.56 Å². The normalized spacial score (nSPS) is 14.2. The Morgan fingerprint density at radius 1 is 1.07 bits per heavy atom. The zero-order valence-corrected chi connectivity index (χ0v) is 16.7. The van der Waals surface area contributed by atoms with Gasteiger partial charge < -0.3 is 29.6 Å². The van der Waals surface area contributed by atoms with Crippen LogP contribution in [0, 0.1) is 6.92 Å². The van der Waals surface area contributed by atoms with Crippen LogP contribution in [0.3, 0.4) is 0 Å². The lowest BCUT2D eigenvalue weighted by molar-refractivity contribution is 0.208. The number of piperazine rings is 1. The van der Waals surface area contributed by atoms with Crippen LogP contribution in [0.2, 0.25) is 0 Å². The standard InChI is InChI=1S/C20H24N6O3/c1-13-11-21-18-17(13)19(23-12-22-18)25-4-6-26(7-5-25)20(27)24-14-8-15(28-2)10-16(9-14)29-3/h8-12H,4-7H2,1-3H3,(H,24,27)(H,21,22,23). The molecule has 2 N–H and O–H groups in total. The molecule has 0 saturated carbocycles. The Morgan fingerprint density at radius 3 is 2.41 bits per heavy atom. The molecule has 0 atom stereocenters. The molecule has 9 heteroatoms. The zero-order chi connectivity index (χ0) is 20.4. The van der Waals surface area contributed by atoms with Crippen molar-refractivity contribution in [2.45, 2.75) is 6.92 Å². The highest BCUT2D eigenvalue weighted by Gasteiger charge is 2.24. The topological polar surface area (TPSA) is 95.6 Å². The average molecular weight is 396 g/mol. The number of rotatable bonds is 4. The summed E-state index contributed by atoms with van der Waals surface area (Å²) in [5, 5.41) is 3.96. The van der Waals surface area contributed by atoms with Crippen molar-refractivity contribution < 1.29 is 14.3 Å². The molecule has 1 fully saturated rings. The van der Waals surface area contributed by atoms with Crippen LogP contribution < -0.4 is 19.7 Å². The molecule has 0 aliphatic carbocycles. The van der Waals surface area contributed by atoms with Gasteiger partial charge in [-0.05, 0) is 12.5 Å². The van der Waals surface area contributed by atoms with Crippen molar-refractivity contribution >= 4 is 28.6 Å². The highest BCUT2D eigenvalue weighted by molar-refractivity contribution is 5.92. The molecular formula is C20H24N6O3. The molecule has 0 spiro atoms. The van der Waals surface area contributed by atoms with Crippen molar-refractivity contribution in [1.29, 1.82) is 0 Å². The van der Waals surface area contributed by atoms with E-state index in [1.807, 2.05) is 13.1 Å². The third kappa shape index (κ3) is 3.75. The fourth-order valence-electron chi connectivity index (χ4n) is 3.54. The fraction of sp³-hybridized carbons (Fsp3) is 0.350. The summed E-state index contributed by atoms with van der Waals surface area (Å²) in [4.78, 5) is 28.7. The molecular weight excluding hydrogens is 372 g/mol. The third-order valence-electron chi connectivity index (χ3n) is 5.12. The van der Waals surface area contributed by atoms with Gasteiger partial charge in [0.05, 0.1) is 19.6 Å². The molecule has 0 bridgehead atoms. The lowest BCUT2D eigenvalue weighted by Crippen LogP contribution is -2.50. The summed E-state index contributed by atoms with van der Waals surface area (Å²) in [5.41, 5.74) is 2.58. The summed E-state index contributed by atoms with van der Waals surface area (Å²) in [6.07, 6.45) is 3.51. The first-order chi connectivity index (χ1) is 14.1. The number of hydrogen-bond donors (Lipinski definition) is 2. The molecule has 1 aliphatic heterocycles. The minimum absolute atomic E-state index is 0.148. The van der Waals surface area contributed by atoms with E-state index in [1.54, 1.807) is 43.6 Å². The Labute approximate surface area is 168 Å². The Hall–Kier alpha value is -3.49. The summed E-state index contributed by atoms with van der Waals surface area (Å²) >= 11 is 0. The molecule has 0 unspecified atom stereocenters. The number of carbonyl (C=O) groups is 1. The number of amides is 2. The van der Waals surface area contributed by atoms with Gasteiger partial charge in [0.2, 0.25) is 0 Å². The number of hydrogen-bond acceptors (Lipinski definition) is 6. The van der Waals surface area contributed by atoms with Crippen molar-refractivity contribution in [1.82, 2.24) is 19.9 Å². The number of H-pyrrole nitrogens is 1. The molecule has 4 rings (SSSR count). The summed E-state index contributed by atoms with van der Waals surface area (Å²) in [5.74, 6) is 2.16. The van der Waals surface area contributed by atoms with Gasteiger partial charge >= 0.3 is 6.03 Å². The third-order valence-corrected chi connectivity index (χ3v) is 5.12. The van der Waals surface area contributed by atoms with E-state index in [0.29, 0.717) is 43.4 Å². The van der Waals surface area contributed by atoms with Gasteiger partial charge in [-0.25, -0.2) is 14.8 Å². The number of urea groups is 1. The zero-order valence-electron chi connectivity index (χ0n) is 16.7. The van der Waals surface area contributed by atoms with E-state index in [-0.39, 0.29) is 6.03 Å². The molecule has 1 aliphatic rings. The van der Waals surface area contributed by atoms with E-state index in [1.165, 1.54) is 0 Å². The molecule has 152 valence electrons. The second kappa shape index (κ2) is 7.86. The lowest BCUT2D eigenvalue weighted by Gasteiger charge is -2.35. The van der Waals surface area contributed by atoms with Gasteiger partial charge in [-0.15, -0.1) is 0 Å². The van der Waals surface area contributed by atoms with Crippen LogP contribution in [0.4, 0.5) is 16.3 Å². The number of ether oxygens (including phenoxy) is 2. The maximum absolute atomic E-state index is 12.7. The summed E-state index contributed by atoms with van der Waals surface area (Å²) in [6.45, 7) is 4.64. The minimum atomic E-state index is -0.148. The Bertz CT molecular complexity index is 1000. The van der Waals surface area contributed by atoms with Crippen LogP contribution >= 0.6 is 0 Å². The number of nitrogens with zero attached hydrogens (tertiary/aromatic N) is 4. The van der Waals surface area contributed by atoms with Crippen molar-refractivity contribution in [2.24, 2.45) is 0 Å². The number of fused-ring (bicyclic) bond motifs is 1. The van der Waals surface area contributed by atoms with Crippen LogP contribution in [-0.4, -0.2) is 66.3 Å². The molecule has 29 heavy (non-hydrogen) atoms. The second-order valence-electron chi connectivity index (χ2n) is 6.90. The largest absolute Gasteiger partial charge is 0.497 e. The van der Waals surface area contributed by atoms with Crippen molar-refractivity contribution in [3.8, 4) is 11.5 Å². The molecule has 9 nitrogen and oxygen atoms in total. The average Bonchev–Trinajstić information content (AvgIpc) is 3.14. The summed E-state index contributed by atoms with van der Waals surface area (Å²) < 4.78 is 10.5. The number of aromatic nitrogens is 3. The van der Waals surface area contributed by atoms with Gasteiger partial charge in [0, 0.05) is 56.3 Å². The van der Waals surface area contributed by atoms with E-state index in [4.69, 9.17) is 9.47 Å². The van der Waals surface area contributed by atoms with E-state index >= 15 is 0 Å². The number of carbonyl (C=O) groups excluding carboxylic acids is 1. The van der Waals surface area contributed by atoms with Crippen LogP contribution in [0.15, 0.2) is 30.7 Å². The van der Waals surface area contributed by atoms with Gasteiger partial charge in [-0.3, -0.25) is 0 Å². The maximum Gasteiger partial charge on any atom is 0.321 e. The van der Waals surface area contributed by atoms with Gasteiger partial charge in [0.25, 0.3) is 0 Å². The highest BCUT2D eigenvalue weighted by Crippen LogP contribution is 2.28. The lowest BCUT2D eigenvalue weighted by atomic mass is 10.2. The van der Waals surface area contributed by atoms with Crippen molar-refractivity contribution in [3.63, 3.8) is 0 Å². The minimum Gasteiger partial charge on any atom is -0.497 e. The van der Waals surface area contributed by atoms with Gasteiger partial charge in [0.15, 0.2) is 0 Å². The first-order valence-corrected chi connectivity index (χ1v) is 9.41. The second-order valence-corrected chi connectivity index (χ2v) is 6.90. The van der Waals surface area contributed by atoms with Crippen LogP contribution in [-0.2, 0) is 0 Å². The fourth-order valence-corrected chi connectivity index (χ4v) is 3.54. The Balaban J connectivity index is 1.43. The van der Waals surface area contributed by atoms with Gasteiger partial charge in [-0.2, -0.15) is 0 Å². The summed E-state index contributed by atoms with van der Waals surface area (Å²) in [7, 11) is 3.16. The molecule has 2 aromatic heterocycles. The molecule has 1 aromatic carbocycles. The van der Waals surface area contributed by atoms with E-state index < -0.39 is 0 Å². The van der Waals surface area contributed by atoms with Crippen LogP contribution in [0.5, 0.6) is 11.5 Å². The number of aryl methyl sites for hydroxylation is 1. The van der Waals surface area contributed by atoms with Crippen molar-refractivity contribution in [2.75, 3.05) is 50.6 Å². The number of nitrogens with one attached hydrogen (secondary N) is 2. The SMILES string of the molecule is COc1cc(NC(=O)N2CCN(c3ncnc4[nH]cc(C)c34)CC2)cc(OC)c1. The van der Waals surface area contributed by atoms with Crippen molar-refractivity contribution in [3.05, 3.63) is 36.3 Å². The Kier molecular flexibility index (Phi) is 5.11. The molecule has 2 amide bonds. The van der Waals surface area contributed by atoms with Gasteiger partial charge in [-0.1, -0.05) is 0 Å². The summed E-state index contributed by atoms with van der Waals surface area (Å²) in [6, 6.07) is 5.15. The maximum atomic E-state index is 12.7. The smallest absolute Gasteiger partial charge is 0.321 e. The molecule has 1 saturated heterocycles. The van der Waals surface area contributed by atoms with Gasteiger partial charge in [0.1, 0.15) is 29.3 Å². The number of benzene rings is 1. The Morgan fingerprint density at radius 2 is 1.76 bits per heavy atom. The molecule has 0 radical (unpaired) electrons. The first kappa shape index (κ1) is 18.9.